The predicted octanol–water partition coefficient (Wildman–Crippen LogP) is 1.53. The molecule has 15 heavy (non-hydrogen) atoms. The summed E-state index contributed by atoms with van der Waals surface area (Å²) in [5, 5.41) is 3.32. The first kappa shape index (κ1) is 10.2. The molecule has 1 aliphatic heterocycles. The SMILES string of the molecule is CN1C(=O)C(c2ccccc2)NC1(C)C. The molecule has 1 atom stereocenters. The number of hydrogen-bond donors (Lipinski definition) is 1. The summed E-state index contributed by atoms with van der Waals surface area (Å²) in [5.74, 6) is 0.131. The molecule has 0 aliphatic carbocycles. The van der Waals surface area contributed by atoms with Gasteiger partial charge in [-0.3, -0.25) is 10.1 Å². The van der Waals surface area contributed by atoms with Crippen molar-refractivity contribution in [2.45, 2.75) is 25.6 Å². The summed E-state index contributed by atoms with van der Waals surface area (Å²) in [6, 6.07) is 9.62. The summed E-state index contributed by atoms with van der Waals surface area (Å²) in [4.78, 5) is 13.7. The zero-order chi connectivity index (χ0) is 11.1. The highest BCUT2D eigenvalue weighted by molar-refractivity contribution is 5.86. The van der Waals surface area contributed by atoms with Crippen molar-refractivity contribution >= 4 is 5.91 Å². The van der Waals surface area contributed by atoms with E-state index in [0.29, 0.717) is 0 Å². The molecule has 80 valence electrons. The molecule has 3 heteroatoms. The number of amides is 1. The highest BCUT2D eigenvalue weighted by Gasteiger charge is 2.42. The Balaban J connectivity index is 2.31. The first-order valence-electron chi connectivity index (χ1n) is 5.13. The topological polar surface area (TPSA) is 32.3 Å². The fourth-order valence-electron chi connectivity index (χ4n) is 1.85. The van der Waals surface area contributed by atoms with Crippen LogP contribution in [0.25, 0.3) is 0 Å². The van der Waals surface area contributed by atoms with Crippen LogP contribution >= 0.6 is 0 Å². The van der Waals surface area contributed by atoms with E-state index in [1.54, 1.807) is 4.90 Å². The minimum Gasteiger partial charge on any atom is -0.326 e. The molecule has 1 aliphatic rings. The average molecular weight is 204 g/mol. The van der Waals surface area contributed by atoms with Crippen LogP contribution in [0.3, 0.4) is 0 Å². The van der Waals surface area contributed by atoms with Crippen molar-refractivity contribution in [3.63, 3.8) is 0 Å². The van der Waals surface area contributed by atoms with Gasteiger partial charge in [0.1, 0.15) is 6.04 Å². The van der Waals surface area contributed by atoms with Crippen molar-refractivity contribution in [1.29, 1.82) is 0 Å². The Kier molecular flexibility index (Phi) is 2.27. The van der Waals surface area contributed by atoms with E-state index in [9.17, 15) is 4.79 Å². The number of rotatable bonds is 1. The van der Waals surface area contributed by atoms with Gasteiger partial charge >= 0.3 is 0 Å². The molecule has 1 unspecified atom stereocenters. The van der Waals surface area contributed by atoms with Crippen LogP contribution in [-0.4, -0.2) is 23.5 Å². The third-order valence-corrected chi connectivity index (χ3v) is 3.05. The van der Waals surface area contributed by atoms with Crippen LogP contribution in [0.1, 0.15) is 25.5 Å². The largest absolute Gasteiger partial charge is 0.326 e. The summed E-state index contributed by atoms with van der Waals surface area (Å²) >= 11 is 0. The molecule has 3 nitrogen and oxygen atoms in total. The van der Waals surface area contributed by atoms with E-state index in [1.165, 1.54) is 0 Å². The molecular formula is C12H16N2O. The molecule has 1 N–H and O–H groups in total. The Morgan fingerprint density at radius 1 is 1.27 bits per heavy atom. The lowest BCUT2D eigenvalue weighted by atomic mass is 10.1. The van der Waals surface area contributed by atoms with E-state index in [4.69, 9.17) is 0 Å². The van der Waals surface area contributed by atoms with E-state index < -0.39 is 0 Å². The number of nitrogens with zero attached hydrogens (tertiary/aromatic N) is 1. The second-order valence-corrected chi connectivity index (χ2v) is 4.44. The molecule has 1 saturated heterocycles. The molecule has 1 fully saturated rings. The van der Waals surface area contributed by atoms with Gasteiger partial charge in [0, 0.05) is 7.05 Å². The van der Waals surface area contributed by atoms with Crippen molar-refractivity contribution in [3.8, 4) is 0 Å². The fourth-order valence-corrected chi connectivity index (χ4v) is 1.85. The number of likely N-dealkylation sites (N-methyl/N-ethyl adjacent to an activating group) is 1. The molecule has 2 rings (SSSR count). The van der Waals surface area contributed by atoms with Gasteiger partial charge in [-0.15, -0.1) is 0 Å². The molecule has 0 aromatic heterocycles. The fraction of sp³-hybridized carbons (Fsp3) is 0.417. The molecular weight excluding hydrogens is 188 g/mol. The highest BCUT2D eigenvalue weighted by Crippen LogP contribution is 2.28. The normalized spacial score (nSPS) is 24.6. The maximum atomic E-state index is 12.0. The Hall–Kier alpha value is -1.35. The molecule has 1 heterocycles. The molecule has 1 amide bonds. The van der Waals surface area contributed by atoms with E-state index in [2.05, 4.69) is 5.32 Å². The van der Waals surface area contributed by atoms with Gasteiger partial charge in [-0.1, -0.05) is 30.3 Å². The van der Waals surface area contributed by atoms with Crippen molar-refractivity contribution in [1.82, 2.24) is 10.2 Å². The first-order valence-corrected chi connectivity index (χ1v) is 5.13. The second kappa shape index (κ2) is 3.35. The van der Waals surface area contributed by atoms with Crippen LogP contribution in [0.4, 0.5) is 0 Å². The van der Waals surface area contributed by atoms with Gasteiger partial charge in [0.25, 0.3) is 0 Å². The minimum absolute atomic E-state index is 0.131. The standard InChI is InChI=1S/C12H16N2O/c1-12(2)13-10(11(15)14(12)3)9-7-5-4-6-8-9/h4-8,10,13H,1-3H3. The van der Waals surface area contributed by atoms with Gasteiger partial charge in [-0.2, -0.15) is 0 Å². The molecule has 1 aromatic carbocycles. The van der Waals surface area contributed by atoms with Crippen LogP contribution in [-0.2, 0) is 4.79 Å². The Bertz CT molecular complexity index is 372. The summed E-state index contributed by atoms with van der Waals surface area (Å²) < 4.78 is 0. The number of carbonyl (C=O) groups excluding carboxylic acids is 1. The second-order valence-electron chi connectivity index (χ2n) is 4.44. The quantitative estimate of drug-likeness (QED) is 0.752. The zero-order valence-corrected chi connectivity index (χ0v) is 9.32. The lowest BCUT2D eigenvalue weighted by molar-refractivity contribution is -0.130. The summed E-state index contributed by atoms with van der Waals surface area (Å²) in [5.41, 5.74) is 0.761. The van der Waals surface area contributed by atoms with Gasteiger partial charge in [0.15, 0.2) is 0 Å². The molecule has 0 saturated carbocycles. The number of nitrogens with one attached hydrogen (secondary N) is 1. The van der Waals surface area contributed by atoms with Gasteiger partial charge in [0.05, 0.1) is 5.66 Å². The lowest BCUT2D eigenvalue weighted by Gasteiger charge is -2.26. The maximum Gasteiger partial charge on any atom is 0.245 e. The van der Waals surface area contributed by atoms with Gasteiger partial charge in [-0.25, -0.2) is 0 Å². The minimum atomic E-state index is -0.266. The van der Waals surface area contributed by atoms with E-state index in [0.717, 1.165) is 5.56 Å². The van der Waals surface area contributed by atoms with Gasteiger partial charge in [0.2, 0.25) is 5.91 Å². The van der Waals surface area contributed by atoms with Crippen molar-refractivity contribution < 1.29 is 4.79 Å². The smallest absolute Gasteiger partial charge is 0.245 e. The van der Waals surface area contributed by atoms with Crippen molar-refractivity contribution in [3.05, 3.63) is 35.9 Å². The zero-order valence-electron chi connectivity index (χ0n) is 9.32. The molecule has 0 spiro atoms. The van der Waals surface area contributed by atoms with E-state index in [1.807, 2.05) is 51.2 Å². The molecule has 0 radical (unpaired) electrons. The summed E-state index contributed by atoms with van der Waals surface area (Å²) in [6.45, 7) is 4.02. The van der Waals surface area contributed by atoms with E-state index in [-0.39, 0.29) is 17.6 Å². The van der Waals surface area contributed by atoms with Crippen molar-refractivity contribution in [2.24, 2.45) is 0 Å². The van der Waals surface area contributed by atoms with Crippen LogP contribution < -0.4 is 5.32 Å². The number of hydrogen-bond acceptors (Lipinski definition) is 2. The lowest BCUT2D eigenvalue weighted by Crippen LogP contribution is -2.44. The highest BCUT2D eigenvalue weighted by atomic mass is 16.2. The average Bonchev–Trinajstić information content (AvgIpc) is 2.44. The summed E-state index contributed by atoms with van der Waals surface area (Å²) in [7, 11) is 1.83. The van der Waals surface area contributed by atoms with Gasteiger partial charge in [-0.05, 0) is 19.4 Å². The van der Waals surface area contributed by atoms with Crippen LogP contribution in [0, 0.1) is 0 Å². The van der Waals surface area contributed by atoms with Crippen molar-refractivity contribution in [2.75, 3.05) is 7.05 Å². The van der Waals surface area contributed by atoms with Gasteiger partial charge < -0.3 is 4.90 Å². The Labute approximate surface area is 90.1 Å². The Morgan fingerprint density at radius 2 is 1.87 bits per heavy atom. The molecule has 1 aromatic rings. The monoisotopic (exact) mass is 204 g/mol. The third-order valence-electron chi connectivity index (χ3n) is 3.05. The maximum absolute atomic E-state index is 12.0. The molecule has 0 bridgehead atoms. The summed E-state index contributed by atoms with van der Waals surface area (Å²) in [6.07, 6.45) is 0. The first-order chi connectivity index (χ1) is 7.02. The van der Waals surface area contributed by atoms with Crippen LogP contribution in [0.15, 0.2) is 30.3 Å². The van der Waals surface area contributed by atoms with Crippen LogP contribution in [0.2, 0.25) is 0 Å². The van der Waals surface area contributed by atoms with Crippen LogP contribution in [0.5, 0.6) is 0 Å². The number of benzene rings is 1. The Morgan fingerprint density at radius 3 is 2.33 bits per heavy atom. The number of carbonyl (C=O) groups is 1. The van der Waals surface area contributed by atoms with E-state index >= 15 is 0 Å². The predicted molar refractivity (Wildman–Crippen MR) is 59.2 cm³/mol. The third kappa shape index (κ3) is 1.63.